The van der Waals surface area contributed by atoms with Gasteiger partial charge >= 0.3 is 0 Å². The molecule has 0 spiro atoms. The number of aromatic nitrogens is 1. The summed E-state index contributed by atoms with van der Waals surface area (Å²) in [5.41, 5.74) is 8.57. The van der Waals surface area contributed by atoms with Crippen molar-refractivity contribution < 1.29 is 5.11 Å². The second-order valence-electron chi connectivity index (χ2n) is 3.71. The van der Waals surface area contributed by atoms with Gasteiger partial charge in [0.05, 0.1) is 12.2 Å². The molecular weight excluding hydrogens is 214 g/mol. The Bertz CT molecular complexity index is 482. The van der Waals surface area contributed by atoms with Gasteiger partial charge in [-0.3, -0.25) is 4.98 Å². The first-order valence-electron chi connectivity index (χ1n) is 5.45. The van der Waals surface area contributed by atoms with Crippen LogP contribution in [0.15, 0.2) is 42.6 Å². The summed E-state index contributed by atoms with van der Waals surface area (Å²) in [4.78, 5) is 4.29. The van der Waals surface area contributed by atoms with E-state index in [0.29, 0.717) is 13.1 Å². The van der Waals surface area contributed by atoms with E-state index < -0.39 is 0 Å². The number of nitrogens with two attached hydrogens (primary N) is 1. The highest BCUT2D eigenvalue weighted by Gasteiger charge is 2.01. The molecule has 88 valence electrons. The minimum Gasteiger partial charge on any atom is -0.508 e. The van der Waals surface area contributed by atoms with Crippen molar-refractivity contribution in [3.8, 4) is 5.75 Å². The zero-order chi connectivity index (χ0) is 12.1. The van der Waals surface area contributed by atoms with Gasteiger partial charge in [0.15, 0.2) is 0 Å². The van der Waals surface area contributed by atoms with Gasteiger partial charge in [-0.2, -0.15) is 0 Å². The first kappa shape index (κ1) is 11.4. The summed E-state index contributed by atoms with van der Waals surface area (Å²) in [6, 6.07) is 10.8. The van der Waals surface area contributed by atoms with Crippen LogP contribution >= 0.6 is 0 Å². The Balaban J connectivity index is 2.04. The van der Waals surface area contributed by atoms with Crippen molar-refractivity contribution >= 4 is 5.69 Å². The molecule has 1 aromatic heterocycles. The van der Waals surface area contributed by atoms with Crippen LogP contribution < -0.4 is 11.1 Å². The molecule has 4 nitrogen and oxygen atoms in total. The van der Waals surface area contributed by atoms with Crippen LogP contribution in [0, 0.1) is 0 Å². The van der Waals surface area contributed by atoms with Crippen molar-refractivity contribution in [2.45, 2.75) is 13.1 Å². The van der Waals surface area contributed by atoms with Gasteiger partial charge in [0, 0.05) is 18.4 Å². The molecule has 0 unspecified atom stereocenters. The molecule has 0 saturated carbocycles. The van der Waals surface area contributed by atoms with E-state index in [1.165, 1.54) is 0 Å². The maximum atomic E-state index is 9.17. The Labute approximate surface area is 100 Å². The summed E-state index contributed by atoms with van der Waals surface area (Å²) >= 11 is 0. The smallest absolute Gasteiger partial charge is 0.115 e. The average molecular weight is 229 g/mol. The third-order valence-corrected chi connectivity index (χ3v) is 2.53. The third kappa shape index (κ3) is 2.95. The number of phenolic OH excluding ortho intramolecular Hbond substituents is 1. The van der Waals surface area contributed by atoms with Crippen molar-refractivity contribution in [2.24, 2.45) is 5.73 Å². The molecule has 1 heterocycles. The topological polar surface area (TPSA) is 71.2 Å². The number of hydrogen-bond acceptors (Lipinski definition) is 4. The Kier molecular flexibility index (Phi) is 3.57. The molecule has 2 rings (SSSR count). The highest BCUT2D eigenvalue weighted by atomic mass is 16.3. The molecule has 0 aliphatic carbocycles. The lowest BCUT2D eigenvalue weighted by molar-refractivity contribution is 0.475. The summed E-state index contributed by atoms with van der Waals surface area (Å²) in [7, 11) is 0. The Morgan fingerprint density at radius 3 is 2.65 bits per heavy atom. The largest absolute Gasteiger partial charge is 0.508 e. The molecule has 4 N–H and O–H groups in total. The Morgan fingerprint density at radius 1 is 1.18 bits per heavy atom. The molecule has 0 aliphatic rings. The van der Waals surface area contributed by atoms with E-state index in [1.54, 1.807) is 18.3 Å². The average Bonchev–Trinajstić information content (AvgIpc) is 2.38. The molecule has 0 radical (unpaired) electrons. The first-order chi connectivity index (χ1) is 8.29. The lowest BCUT2D eigenvalue weighted by atomic mass is 10.2. The molecule has 4 heteroatoms. The van der Waals surface area contributed by atoms with Crippen molar-refractivity contribution in [1.29, 1.82) is 0 Å². The summed E-state index contributed by atoms with van der Waals surface area (Å²) in [5.74, 6) is 0.260. The second kappa shape index (κ2) is 5.32. The Morgan fingerprint density at radius 2 is 1.94 bits per heavy atom. The van der Waals surface area contributed by atoms with Gasteiger partial charge in [0.25, 0.3) is 0 Å². The van der Waals surface area contributed by atoms with Crippen molar-refractivity contribution in [3.05, 3.63) is 53.9 Å². The molecule has 0 saturated heterocycles. The lowest BCUT2D eigenvalue weighted by Gasteiger charge is -2.09. The number of aromatic hydroxyl groups is 1. The molecule has 2 aromatic rings. The normalized spacial score (nSPS) is 10.2. The second-order valence-corrected chi connectivity index (χ2v) is 3.71. The summed E-state index contributed by atoms with van der Waals surface area (Å²) < 4.78 is 0. The van der Waals surface area contributed by atoms with Crippen molar-refractivity contribution in [3.63, 3.8) is 0 Å². The number of nitrogens with one attached hydrogen (secondary N) is 1. The predicted molar refractivity (Wildman–Crippen MR) is 67.6 cm³/mol. The summed E-state index contributed by atoms with van der Waals surface area (Å²) in [6.07, 6.45) is 1.76. The fraction of sp³-hybridized carbons (Fsp3) is 0.154. The molecule has 1 aromatic carbocycles. The molecule has 0 aliphatic heterocycles. The van der Waals surface area contributed by atoms with E-state index in [4.69, 9.17) is 10.8 Å². The van der Waals surface area contributed by atoms with Crippen LogP contribution in [-0.4, -0.2) is 10.1 Å². The number of rotatable bonds is 4. The van der Waals surface area contributed by atoms with Crippen molar-refractivity contribution in [1.82, 2.24) is 4.98 Å². The lowest BCUT2D eigenvalue weighted by Crippen LogP contribution is -2.08. The van der Waals surface area contributed by atoms with E-state index in [0.717, 1.165) is 16.9 Å². The van der Waals surface area contributed by atoms with Gasteiger partial charge in [-0.1, -0.05) is 6.07 Å². The fourth-order valence-electron chi connectivity index (χ4n) is 1.58. The van der Waals surface area contributed by atoms with Gasteiger partial charge in [0.2, 0.25) is 0 Å². The maximum Gasteiger partial charge on any atom is 0.115 e. The van der Waals surface area contributed by atoms with E-state index in [1.807, 2.05) is 24.3 Å². The number of phenols is 1. The van der Waals surface area contributed by atoms with Gasteiger partial charge in [0.1, 0.15) is 5.75 Å². The monoisotopic (exact) mass is 229 g/mol. The number of anilines is 1. The standard InChI is InChI=1S/C13H15N3O/c14-8-10-2-1-7-15-13(10)9-16-11-3-5-12(17)6-4-11/h1-7,16-17H,8-9,14H2. The van der Waals surface area contributed by atoms with Crippen LogP contribution in [0.4, 0.5) is 5.69 Å². The number of benzene rings is 1. The highest BCUT2D eigenvalue weighted by Crippen LogP contribution is 2.15. The van der Waals surface area contributed by atoms with Crippen LogP contribution in [0.3, 0.4) is 0 Å². The molecule has 0 atom stereocenters. The zero-order valence-electron chi connectivity index (χ0n) is 9.43. The van der Waals surface area contributed by atoms with E-state index in [9.17, 15) is 0 Å². The number of pyridine rings is 1. The van der Waals surface area contributed by atoms with Gasteiger partial charge in [-0.15, -0.1) is 0 Å². The molecule has 0 amide bonds. The zero-order valence-corrected chi connectivity index (χ0v) is 9.43. The van der Waals surface area contributed by atoms with Crippen LogP contribution in [0.1, 0.15) is 11.3 Å². The molecule has 0 fully saturated rings. The molecule has 17 heavy (non-hydrogen) atoms. The molecule has 0 bridgehead atoms. The fourth-order valence-corrected chi connectivity index (χ4v) is 1.58. The van der Waals surface area contributed by atoms with Gasteiger partial charge in [-0.25, -0.2) is 0 Å². The third-order valence-electron chi connectivity index (χ3n) is 2.53. The van der Waals surface area contributed by atoms with Gasteiger partial charge in [-0.05, 0) is 35.9 Å². The van der Waals surface area contributed by atoms with Gasteiger partial charge < -0.3 is 16.2 Å². The summed E-state index contributed by atoms with van der Waals surface area (Å²) in [5, 5.41) is 12.4. The van der Waals surface area contributed by atoms with Crippen molar-refractivity contribution in [2.75, 3.05) is 5.32 Å². The van der Waals surface area contributed by atoms with Crippen LogP contribution in [-0.2, 0) is 13.1 Å². The van der Waals surface area contributed by atoms with Crippen LogP contribution in [0.2, 0.25) is 0 Å². The first-order valence-corrected chi connectivity index (χ1v) is 5.45. The van der Waals surface area contributed by atoms with E-state index >= 15 is 0 Å². The summed E-state index contributed by atoms with van der Waals surface area (Å²) in [6.45, 7) is 1.11. The number of nitrogens with zero attached hydrogens (tertiary/aromatic N) is 1. The maximum absolute atomic E-state index is 9.17. The predicted octanol–water partition coefficient (Wildman–Crippen LogP) is 1.86. The SMILES string of the molecule is NCc1cccnc1CNc1ccc(O)cc1. The van der Waals surface area contributed by atoms with E-state index in [2.05, 4.69) is 10.3 Å². The van der Waals surface area contributed by atoms with Crippen LogP contribution in [0.25, 0.3) is 0 Å². The quantitative estimate of drug-likeness (QED) is 0.700. The number of hydrogen-bond donors (Lipinski definition) is 3. The Hall–Kier alpha value is -2.07. The van der Waals surface area contributed by atoms with Crippen LogP contribution in [0.5, 0.6) is 5.75 Å². The van der Waals surface area contributed by atoms with E-state index in [-0.39, 0.29) is 5.75 Å². The highest BCUT2D eigenvalue weighted by molar-refractivity contribution is 5.46. The minimum atomic E-state index is 0.260. The minimum absolute atomic E-state index is 0.260. The molecular formula is C13H15N3O.